The summed E-state index contributed by atoms with van der Waals surface area (Å²) in [5.41, 5.74) is 35.8. The Hall–Kier alpha value is -1.80. The highest BCUT2D eigenvalue weighted by Gasteiger charge is 2.53. The van der Waals surface area contributed by atoms with E-state index >= 15 is 0 Å². The van der Waals surface area contributed by atoms with Crippen molar-refractivity contribution in [2.75, 3.05) is 19.8 Å². The van der Waals surface area contributed by atoms with Crippen LogP contribution in [0, 0.1) is 11.8 Å². The maximum Gasteiger partial charge on any atom is 0.218 e. The zero-order chi connectivity index (χ0) is 45.2. The van der Waals surface area contributed by atoms with Crippen LogP contribution in [0.15, 0.2) is 23.7 Å². The highest BCUT2D eigenvalue weighted by molar-refractivity contribution is 5.09. The lowest BCUT2D eigenvalue weighted by atomic mass is 9.80. The SMILES string of the molecule is C[C@@H]1CC(N)[C@@H](O[C@H]2OC(CO)=CC(O)[C@@H]2N)[C@H](O[C@@H]2O[C@H](CN)[C@H](O)C2O)C1O.C[C@@H]1CC(N)[C@@H](O[C@H]2OC(CO)=CC(O)[C@@H]2N)[C@H](O[C@@H]2O[C@H]([C@H](C)N)[C@H](O)C2O)C1O. The normalized spacial score (nSPS) is 49.5. The topological polar surface area (TPSA) is 432 Å². The molecule has 25 atom stereocenters. The Morgan fingerprint density at radius 1 is 0.590 bits per heavy atom. The molecule has 0 bridgehead atoms. The molecule has 0 radical (unpaired) electrons. The summed E-state index contributed by atoms with van der Waals surface area (Å²) in [5.74, 6) is -0.328. The summed E-state index contributed by atoms with van der Waals surface area (Å²) >= 11 is 0. The van der Waals surface area contributed by atoms with Crippen molar-refractivity contribution < 1.29 is 89.0 Å². The molecule has 61 heavy (non-hydrogen) atoms. The lowest BCUT2D eigenvalue weighted by Gasteiger charge is -2.45. The lowest BCUT2D eigenvalue weighted by molar-refractivity contribution is -0.279. The van der Waals surface area contributed by atoms with Crippen molar-refractivity contribution in [3.05, 3.63) is 23.7 Å². The van der Waals surface area contributed by atoms with Crippen LogP contribution in [0.1, 0.15) is 33.6 Å². The maximum absolute atomic E-state index is 10.8. The third-order valence-electron chi connectivity index (χ3n) is 12.1. The first-order valence-corrected chi connectivity index (χ1v) is 20.5. The van der Waals surface area contributed by atoms with E-state index in [1.807, 2.05) is 0 Å². The molecule has 6 aliphatic rings. The van der Waals surface area contributed by atoms with E-state index in [9.17, 15) is 51.1 Å². The standard InChI is InChI=1S/C19H35N3O9.C18H33N3O9/c1-6-3-9(21)16(30-18-11(22)10(24)4-8(5-23)28-18)17(12(6)25)31-19-14(27)13(26)15(29-19)7(2)20;1-6-2-8(20)15(29-17-11(21)9(23)3-7(5-22)27-17)16(12(6)24)30-18-14(26)13(25)10(4-19)28-18/h4,6-7,9-19,23-27H,3,5,20-22H2,1-2H3;3,6,8-18,22-26H,2,4-5,19-21H2,1H3/t6-,7+,9?,10?,11+,12?,13-,14?,15-,16-,17-,18-,19+;6-,8?,9?,10-,11+,12?,13+,14?,15-,16-,17-,18+/m11/s1. The van der Waals surface area contributed by atoms with Crippen LogP contribution in [0.4, 0.5) is 0 Å². The first kappa shape index (κ1) is 50.2. The third-order valence-corrected chi connectivity index (χ3v) is 12.1. The number of aliphatic hydroxyl groups excluding tert-OH is 10. The second-order valence-corrected chi connectivity index (χ2v) is 16.9. The first-order valence-electron chi connectivity index (χ1n) is 20.5. The third kappa shape index (κ3) is 11.2. The number of hydrogen-bond donors (Lipinski definition) is 16. The van der Waals surface area contributed by atoms with Crippen molar-refractivity contribution in [3.8, 4) is 0 Å². The van der Waals surface area contributed by atoms with E-state index < -0.39 is 154 Å². The van der Waals surface area contributed by atoms with Gasteiger partial charge in [-0.15, -0.1) is 0 Å². The van der Waals surface area contributed by atoms with E-state index in [0.717, 1.165) is 0 Å². The van der Waals surface area contributed by atoms with Gasteiger partial charge in [-0.05, 0) is 43.8 Å². The average Bonchev–Trinajstić information content (AvgIpc) is 3.66. The Labute approximate surface area is 352 Å². The lowest BCUT2D eigenvalue weighted by Crippen LogP contribution is -2.62. The Morgan fingerprint density at radius 3 is 1.34 bits per heavy atom. The minimum Gasteiger partial charge on any atom is -0.465 e. The Balaban J connectivity index is 0.000000231. The van der Waals surface area contributed by atoms with Gasteiger partial charge in [-0.2, -0.15) is 0 Å². The molecule has 8 unspecified atom stereocenters. The highest BCUT2D eigenvalue weighted by Crippen LogP contribution is 2.36. The molecule has 0 spiro atoms. The van der Waals surface area contributed by atoms with Gasteiger partial charge < -0.3 is 123 Å². The van der Waals surface area contributed by atoms with Crippen LogP contribution < -0.4 is 34.4 Å². The van der Waals surface area contributed by atoms with Gasteiger partial charge in [-0.3, -0.25) is 0 Å². The molecule has 2 saturated carbocycles. The van der Waals surface area contributed by atoms with Crippen molar-refractivity contribution in [3.63, 3.8) is 0 Å². The van der Waals surface area contributed by atoms with Crippen LogP contribution in [0.5, 0.6) is 0 Å². The molecule has 24 nitrogen and oxygen atoms in total. The highest BCUT2D eigenvalue weighted by atomic mass is 16.7. The summed E-state index contributed by atoms with van der Waals surface area (Å²) in [7, 11) is 0. The summed E-state index contributed by atoms with van der Waals surface area (Å²) in [6.45, 7) is 4.27. The molecule has 2 aliphatic carbocycles. The van der Waals surface area contributed by atoms with Crippen LogP contribution in [0.2, 0.25) is 0 Å². The molecule has 0 aromatic heterocycles. The zero-order valence-corrected chi connectivity index (χ0v) is 34.3. The van der Waals surface area contributed by atoms with Gasteiger partial charge >= 0.3 is 0 Å². The molecule has 2 saturated heterocycles. The number of rotatable bonds is 12. The monoisotopic (exact) mass is 884 g/mol. The van der Waals surface area contributed by atoms with Gasteiger partial charge in [0.15, 0.2) is 12.6 Å². The van der Waals surface area contributed by atoms with Crippen molar-refractivity contribution in [2.45, 2.75) is 174 Å². The fourth-order valence-corrected chi connectivity index (χ4v) is 8.34. The molecular formula is C37H68N6O18. The molecule has 4 aliphatic heterocycles. The fraction of sp³-hybridized carbons (Fsp3) is 0.892. The molecule has 354 valence electrons. The minimum absolute atomic E-state index is 0.0277. The molecule has 22 N–H and O–H groups in total. The molecule has 6 rings (SSSR count). The molecule has 0 aromatic rings. The summed E-state index contributed by atoms with van der Waals surface area (Å²) in [5, 5.41) is 101. The molecule has 4 heterocycles. The van der Waals surface area contributed by atoms with Crippen molar-refractivity contribution in [2.24, 2.45) is 46.2 Å². The van der Waals surface area contributed by atoms with Crippen LogP contribution in [-0.4, -0.2) is 212 Å². The summed E-state index contributed by atoms with van der Waals surface area (Å²) in [6, 6.07) is -3.72. The van der Waals surface area contributed by atoms with Crippen molar-refractivity contribution >= 4 is 0 Å². The van der Waals surface area contributed by atoms with E-state index in [2.05, 4.69) is 0 Å². The summed E-state index contributed by atoms with van der Waals surface area (Å²) in [6.07, 6.45) is -16.7. The Morgan fingerprint density at radius 2 is 0.984 bits per heavy atom. The van der Waals surface area contributed by atoms with Gasteiger partial charge in [0.05, 0.1) is 36.5 Å². The Bertz CT molecular complexity index is 1460. The van der Waals surface area contributed by atoms with Gasteiger partial charge in [0.2, 0.25) is 12.6 Å². The van der Waals surface area contributed by atoms with Gasteiger partial charge in [0.1, 0.15) is 85.8 Å². The molecule has 0 amide bonds. The number of hydrogen-bond acceptors (Lipinski definition) is 24. The Kier molecular flexibility index (Phi) is 17.7. The smallest absolute Gasteiger partial charge is 0.218 e. The van der Waals surface area contributed by atoms with Crippen molar-refractivity contribution in [1.29, 1.82) is 0 Å². The van der Waals surface area contributed by atoms with Crippen molar-refractivity contribution in [1.82, 2.24) is 0 Å². The second kappa shape index (κ2) is 21.5. The first-order chi connectivity index (χ1) is 28.7. The van der Waals surface area contributed by atoms with Crippen LogP contribution in [-0.2, 0) is 37.9 Å². The molecule has 0 aromatic carbocycles. The van der Waals surface area contributed by atoms with Crippen LogP contribution >= 0.6 is 0 Å². The average molecular weight is 885 g/mol. The minimum atomic E-state index is -1.39. The van der Waals surface area contributed by atoms with Crippen LogP contribution in [0.25, 0.3) is 0 Å². The second-order valence-electron chi connectivity index (χ2n) is 16.9. The van der Waals surface area contributed by atoms with Gasteiger partial charge in [0.25, 0.3) is 0 Å². The van der Waals surface area contributed by atoms with Gasteiger partial charge in [-0.25, -0.2) is 0 Å². The molecule has 4 fully saturated rings. The fourth-order valence-electron chi connectivity index (χ4n) is 8.34. The largest absolute Gasteiger partial charge is 0.465 e. The zero-order valence-electron chi connectivity index (χ0n) is 34.3. The van der Waals surface area contributed by atoms with E-state index in [0.29, 0.717) is 12.8 Å². The number of aliphatic hydroxyl groups is 10. The number of ether oxygens (including phenoxy) is 8. The van der Waals surface area contributed by atoms with E-state index in [-0.39, 0.29) is 29.9 Å². The summed E-state index contributed by atoms with van der Waals surface area (Å²) in [4.78, 5) is 0. The molecule has 24 heteroatoms. The number of nitrogens with two attached hydrogens (primary N) is 6. The van der Waals surface area contributed by atoms with E-state index in [1.165, 1.54) is 12.2 Å². The van der Waals surface area contributed by atoms with Crippen LogP contribution in [0.3, 0.4) is 0 Å². The van der Waals surface area contributed by atoms with E-state index in [1.54, 1.807) is 20.8 Å². The quantitative estimate of drug-likeness (QED) is 0.0865. The predicted octanol–water partition coefficient (Wildman–Crippen LogP) is -7.99. The predicted molar refractivity (Wildman–Crippen MR) is 207 cm³/mol. The summed E-state index contributed by atoms with van der Waals surface area (Å²) < 4.78 is 45.6. The maximum atomic E-state index is 10.8. The van der Waals surface area contributed by atoms with Gasteiger partial charge in [0, 0.05) is 24.7 Å². The van der Waals surface area contributed by atoms with Gasteiger partial charge in [-0.1, -0.05) is 13.8 Å². The molecular weight excluding hydrogens is 816 g/mol. The van der Waals surface area contributed by atoms with E-state index in [4.69, 9.17) is 72.3 Å².